The smallest absolute Gasteiger partial charge is 0.446 e. The van der Waals surface area contributed by atoms with Gasteiger partial charge in [-0.25, -0.2) is 0 Å². The molecule has 1 fully saturated rings. The number of likely N-dealkylation sites (tertiary alicyclic amines) is 1. The third-order valence-corrected chi connectivity index (χ3v) is 8.38. The fraction of sp³-hybridized carbons (Fsp3) is 0.333. The lowest BCUT2D eigenvalue weighted by Crippen LogP contribution is -2.26. The van der Waals surface area contributed by atoms with Crippen molar-refractivity contribution >= 4 is 28.6 Å². The second-order valence-corrected chi connectivity index (χ2v) is 11.7. The van der Waals surface area contributed by atoms with Gasteiger partial charge in [0.25, 0.3) is 0 Å². The number of alkyl halides is 4. The summed E-state index contributed by atoms with van der Waals surface area (Å²) in [7, 11) is 0. The van der Waals surface area contributed by atoms with Crippen LogP contribution in [0.1, 0.15) is 53.5 Å². The van der Waals surface area contributed by atoms with Crippen LogP contribution in [0, 0.1) is 0 Å². The fourth-order valence-electron chi connectivity index (χ4n) is 5.74. The van der Waals surface area contributed by atoms with E-state index in [0.29, 0.717) is 12.1 Å². The van der Waals surface area contributed by atoms with E-state index in [1.54, 1.807) is 24.3 Å². The lowest BCUT2D eigenvalue weighted by molar-refractivity contribution is -0.0328. The molecule has 0 amide bonds. The summed E-state index contributed by atoms with van der Waals surface area (Å²) in [5.41, 5.74) is 9.41. The van der Waals surface area contributed by atoms with Gasteiger partial charge in [0.2, 0.25) is 0 Å². The SMILES string of the molecule is C=C(N)c1ccc2c(c1)CCCC(c1ccc(SC(F)(F)F)cc1)=C2c1ccc(OC2CCN(CCCF)C2)cc1. The number of nitrogens with zero attached hydrogens (tertiary/aromatic N) is 1. The first-order valence-electron chi connectivity index (χ1n) is 13.9. The minimum absolute atomic E-state index is 0.0738. The van der Waals surface area contributed by atoms with Crippen LogP contribution in [0.15, 0.2) is 78.2 Å². The van der Waals surface area contributed by atoms with Crippen molar-refractivity contribution in [2.45, 2.75) is 48.6 Å². The van der Waals surface area contributed by atoms with Gasteiger partial charge in [-0.15, -0.1) is 0 Å². The van der Waals surface area contributed by atoms with Crippen LogP contribution in [0.25, 0.3) is 16.8 Å². The minimum Gasteiger partial charge on any atom is -0.489 e. The summed E-state index contributed by atoms with van der Waals surface area (Å²) < 4.78 is 57.6. The zero-order chi connectivity index (χ0) is 29.0. The third kappa shape index (κ3) is 7.35. The molecule has 2 N–H and O–H groups in total. The van der Waals surface area contributed by atoms with E-state index in [0.717, 1.165) is 84.5 Å². The normalized spacial score (nSPS) is 17.8. The Morgan fingerprint density at radius 1 is 1.00 bits per heavy atom. The first-order valence-corrected chi connectivity index (χ1v) is 14.7. The van der Waals surface area contributed by atoms with E-state index in [2.05, 4.69) is 35.7 Å². The van der Waals surface area contributed by atoms with E-state index in [-0.39, 0.29) is 29.4 Å². The van der Waals surface area contributed by atoms with Crippen molar-refractivity contribution in [1.29, 1.82) is 0 Å². The number of ether oxygens (including phenoxy) is 1. The maximum atomic E-state index is 12.9. The number of nitrogens with two attached hydrogens (primary N) is 1. The molecule has 5 rings (SSSR count). The Balaban J connectivity index is 1.48. The van der Waals surface area contributed by atoms with Crippen LogP contribution < -0.4 is 10.5 Å². The Kier molecular flexibility index (Phi) is 9.09. The Hall–Kier alpha value is -3.23. The number of allylic oxidation sites excluding steroid dienone is 1. The number of benzene rings is 3. The highest BCUT2D eigenvalue weighted by Gasteiger charge is 2.29. The Labute approximate surface area is 243 Å². The minimum atomic E-state index is -4.33. The highest BCUT2D eigenvalue weighted by molar-refractivity contribution is 8.00. The molecule has 8 heteroatoms. The van der Waals surface area contributed by atoms with Crippen molar-refractivity contribution in [2.75, 3.05) is 26.3 Å². The number of aryl methyl sites for hydroxylation is 1. The van der Waals surface area contributed by atoms with E-state index >= 15 is 0 Å². The van der Waals surface area contributed by atoms with Crippen molar-refractivity contribution in [1.82, 2.24) is 4.90 Å². The van der Waals surface area contributed by atoms with Crippen LogP contribution >= 0.6 is 11.8 Å². The average molecular weight is 583 g/mol. The van der Waals surface area contributed by atoms with E-state index in [9.17, 15) is 17.6 Å². The van der Waals surface area contributed by atoms with E-state index < -0.39 is 5.51 Å². The van der Waals surface area contributed by atoms with Gasteiger partial charge >= 0.3 is 5.51 Å². The van der Waals surface area contributed by atoms with Gasteiger partial charge < -0.3 is 10.5 Å². The summed E-state index contributed by atoms with van der Waals surface area (Å²) in [5, 5.41) is 0. The van der Waals surface area contributed by atoms with E-state index in [1.807, 2.05) is 18.2 Å². The second kappa shape index (κ2) is 12.7. The standard InChI is InChI=1S/C33H34F4N2OS/c1-22(38)25-10-15-31-26(20-25)4-2-5-30(23-8-13-29(14-9-23)41-33(35,36)37)32(31)24-6-11-27(12-7-24)40-28-16-19-39(21-28)18-3-17-34/h6-15,20,28H,1-5,16-19,21,38H2. The molecule has 0 radical (unpaired) electrons. The topological polar surface area (TPSA) is 38.5 Å². The molecule has 2 aliphatic rings. The van der Waals surface area contributed by atoms with Crippen molar-refractivity contribution < 1.29 is 22.3 Å². The van der Waals surface area contributed by atoms with E-state index in [4.69, 9.17) is 10.5 Å². The predicted molar refractivity (Wildman–Crippen MR) is 159 cm³/mol. The molecule has 1 saturated heterocycles. The number of fused-ring (bicyclic) bond motifs is 1. The zero-order valence-corrected chi connectivity index (χ0v) is 23.7. The molecule has 0 saturated carbocycles. The lowest BCUT2D eigenvalue weighted by atomic mass is 9.87. The number of hydrogen-bond acceptors (Lipinski definition) is 4. The van der Waals surface area contributed by atoms with Crippen molar-refractivity contribution in [3.63, 3.8) is 0 Å². The van der Waals surface area contributed by atoms with Crippen LogP contribution in [0.2, 0.25) is 0 Å². The number of thioether (sulfide) groups is 1. The molecule has 216 valence electrons. The van der Waals surface area contributed by atoms with Gasteiger partial charge in [0.1, 0.15) is 11.9 Å². The molecule has 1 heterocycles. The zero-order valence-electron chi connectivity index (χ0n) is 22.9. The van der Waals surface area contributed by atoms with Gasteiger partial charge in [0.15, 0.2) is 0 Å². The highest BCUT2D eigenvalue weighted by atomic mass is 32.2. The monoisotopic (exact) mass is 582 g/mol. The molecule has 0 bridgehead atoms. The van der Waals surface area contributed by atoms with Crippen molar-refractivity contribution in [3.8, 4) is 5.75 Å². The molecule has 1 aliphatic heterocycles. The molecule has 0 aromatic heterocycles. The predicted octanol–water partition coefficient (Wildman–Crippen LogP) is 8.34. The van der Waals surface area contributed by atoms with Crippen LogP contribution in [-0.2, 0) is 6.42 Å². The number of hydrogen-bond donors (Lipinski definition) is 1. The van der Waals surface area contributed by atoms with Crippen LogP contribution in [0.5, 0.6) is 5.75 Å². The van der Waals surface area contributed by atoms with E-state index in [1.165, 1.54) is 5.56 Å². The largest absolute Gasteiger partial charge is 0.489 e. The lowest BCUT2D eigenvalue weighted by Gasteiger charge is -2.19. The van der Waals surface area contributed by atoms with Gasteiger partial charge in [-0.1, -0.05) is 43.0 Å². The first-order chi connectivity index (χ1) is 19.7. The highest BCUT2D eigenvalue weighted by Crippen LogP contribution is 2.42. The van der Waals surface area contributed by atoms with Gasteiger partial charge in [-0.05, 0) is 113 Å². The summed E-state index contributed by atoms with van der Waals surface area (Å²) in [6.45, 7) is 6.04. The molecule has 3 aromatic rings. The Morgan fingerprint density at radius 3 is 2.41 bits per heavy atom. The molecule has 1 unspecified atom stereocenters. The molecule has 1 aliphatic carbocycles. The summed E-state index contributed by atoms with van der Waals surface area (Å²) in [4.78, 5) is 2.40. The Bertz CT molecular complexity index is 1400. The van der Waals surface area contributed by atoms with Gasteiger partial charge in [0.05, 0.1) is 6.67 Å². The molecular formula is C33H34F4N2OS. The number of rotatable bonds is 9. The summed E-state index contributed by atoms with van der Waals surface area (Å²) in [5.74, 6) is 0.783. The van der Waals surface area contributed by atoms with Crippen LogP contribution in [-0.4, -0.2) is 42.8 Å². The first kappa shape index (κ1) is 29.3. The molecule has 3 nitrogen and oxygen atoms in total. The summed E-state index contributed by atoms with van der Waals surface area (Å²) >= 11 is -0.101. The van der Waals surface area contributed by atoms with Crippen LogP contribution in [0.4, 0.5) is 17.6 Å². The third-order valence-electron chi connectivity index (χ3n) is 7.64. The van der Waals surface area contributed by atoms with Crippen LogP contribution in [0.3, 0.4) is 0 Å². The Morgan fingerprint density at radius 2 is 1.73 bits per heavy atom. The van der Waals surface area contributed by atoms with Gasteiger partial charge in [-0.2, -0.15) is 13.2 Å². The molecular weight excluding hydrogens is 548 g/mol. The molecule has 3 aromatic carbocycles. The summed E-state index contributed by atoms with van der Waals surface area (Å²) in [6.07, 6.45) is 4.06. The molecule has 0 spiro atoms. The maximum Gasteiger partial charge on any atom is 0.446 e. The van der Waals surface area contributed by atoms with Gasteiger partial charge in [-0.3, -0.25) is 9.29 Å². The average Bonchev–Trinajstić information content (AvgIpc) is 3.30. The maximum absolute atomic E-state index is 12.9. The van der Waals surface area contributed by atoms with Crippen molar-refractivity contribution in [3.05, 3.63) is 101 Å². The van der Waals surface area contributed by atoms with Gasteiger partial charge in [0, 0.05) is 30.2 Å². The summed E-state index contributed by atoms with van der Waals surface area (Å²) in [6, 6.07) is 20.9. The number of halogens is 4. The second-order valence-electron chi connectivity index (χ2n) is 10.6. The molecule has 41 heavy (non-hydrogen) atoms. The molecule has 1 atom stereocenters. The van der Waals surface area contributed by atoms with Crippen molar-refractivity contribution in [2.24, 2.45) is 5.73 Å². The fourth-order valence-corrected chi connectivity index (χ4v) is 6.28. The quantitative estimate of drug-likeness (QED) is 0.203.